The highest BCUT2D eigenvalue weighted by Crippen LogP contribution is 2.28. The Morgan fingerprint density at radius 2 is 1.88 bits per heavy atom. The third-order valence-corrected chi connectivity index (χ3v) is 7.46. The lowest BCUT2D eigenvalue weighted by atomic mass is 10.0. The molecule has 0 fully saturated rings. The van der Waals surface area contributed by atoms with E-state index in [1.54, 1.807) is 25.2 Å². The van der Waals surface area contributed by atoms with Crippen molar-refractivity contribution in [3.05, 3.63) is 53.1 Å². The van der Waals surface area contributed by atoms with Gasteiger partial charge in [0.15, 0.2) is 0 Å². The molecule has 1 aromatic carbocycles. The van der Waals surface area contributed by atoms with Crippen LogP contribution in [0.15, 0.2) is 52.5 Å². The fraction of sp³-hybridized carbons (Fsp3) is 0.500. The molecule has 1 aliphatic heterocycles. The predicted molar refractivity (Wildman–Crippen MR) is 102 cm³/mol. The van der Waals surface area contributed by atoms with Gasteiger partial charge in [0, 0.05) is 32.2 Å². The van der Waals surface area contributed by atoms with Crippen LogP contribution < -0.4 is 0 Å². The van der Waals surface area contributed by atoms with Crippen LogP contribution in [0.25, 0.3) is 0 Å². The van der Waals surface area contributed by atoms with Gasteiger partial charge in [-0.2, -0.15) is 4.31 Å². The van der Waals surface area contributed by atoms with E-state index in [-0.39, 0.29) is 6.04 Å². The zero-order chi connectivity index (χ0) is 18.2. The van der Waals surface area contributed by atoms with Crippen LogP contribution in [-0.4, -0.2) is 49.8 Å². The number of hydrogen-bond acceptors (Lipinski definition) is 3. The molecule has 0 bridgehead atoms. The van der Waals surface area contributed by atoms with E-state index in [4.69, 9.17) is 0 Å². The van der Waals surface area contributed by atoms with Crippen LogP contribution in [0.4, 0.5) is 0 Å². The zero-order valence-electron chi connectivity index (χ0n) is 15.6. The van der Waals surface area contributed by atoms with Gasteiger partial charge in [0.25, 0.3) is 0 Å². The van der Waals surface area contributed by atoms with Crippen LogP contribution in [0.5, 0.6) is 0 Å². The maximum Gasteiger partial charge on any atom is 0.243 e. The molecule has 0 saturated heterocycles. The minimum absolute atomic E-state index is 0.0807. The van der Waals surface area contributed by atoms with Crippen molar-refractivity contribution in [2.75, 3.05) is 20.1 Å². The molecule has 0 aromatic heterocycles. The minimum Gasteiger partial charge on any atom is -0.293 e. The van der Waals surface area contributed by atoms with Crippen LogP contribution in [0.3, 0.4) is 0 Å². The Morgan fingerprint density at radius 1 is 1.12 bits per heavy atom. The molecule has 1 aromatic rings. The van der Waals surface area contributed by atoms with Crippen LogP contribution in [-0.2, 0) is 10.0 Å². The summed E-state index contributed by atoms with van der Waals surface area (Å²) < 4.78 is 27.4. The number of nitrogens with zero attached hydrogens (tertiary/aromatic N) is 2. The van der Waals surface area contributed by atoms with Crippen LogP contribution >= 0.6 is 0 Å². The largest absolute Gasteiger partial charge is 0.293 e. The maximum atomic E-state index is 12.9. The summed E-state index contributed by atoms with van der Waals surface area (Å²) in [6.07, 6.45) is 6.17. The Kier molecular flexibility index (Phi) is 5.19. The fourth-order valence-corrected chi connectivity index (χ4v) is 5.08. The molecule has 0 spiro atoms. The third kappa shape index (κ3) is 3.73. The van der Waals surface area contributed by atoms with Crippen LogP contribution in [0.2, 0.25) is 0 Å². The van der Waals surface area contributed by atoms with Gasteiger partial charge in [0.1, 0.15) is 0 Å². The van der Waals surface area contributed by atoms with Crippen molar-refractivity contribution in [1.29, 1.82) is 0 Å². The van der Waals surface area contributed by atoms with Gasteiger partial charge >= 0.3 is 0 Å². The number of benzene rings is 1. The number of aryl methyl sites for hydroxylation is 1. The van der Waals surface area contributed by atoms with E-state index >= 15 is 0 Å². The van der Waals surface area contributed by atoms with Crippen molar-refractivity contribution in [1.82, 2.24) is 9.21 Å². The Hall–Kier alpha value is -1.43. The summed E-state index contributed by atoms with van der Waals surface area (Å²) in [5.74, 6) is 0. The molecule has 0 radical (unpaired) electrons. The van der Waals surface area contributed by atoms with Gasteiger partial charge in [0.05, 0.1) is 4.90 Å². The Morgan fingerprint density at radius 3 is 2.56 bits per heavy atom. The van der Waals surface area contributed by atoms with Gasteiger partial charge in [-0.3, -0.25) is 4.90 Å². The first-order valence-electron chi connectivity index (χ1n) is 8.91. The van der Waals surface area contributed by atoms with Gasteiger partial charge in [0.2, 0.25) is 10.0 Å². The number of sulfonamides is 1. The van der Waals surface area contributed by atoms with Crippen molar-refractivity contribution < 1.29 is 8.42 Å². The summed E-state index contributed by atoms with van der Waals surface area (Å²) in [4.78, 5) is 2.84. The van der Waals surface area contributed by atoms with Gasteiger partial charge in [-0.05, 0) is 51.3 Å². The summed E-state index contributed by atoms with van der Waals surface area (Å²) in [6.45, 7) is 8.37. The Labute approximate surface area is 151 Å². The van der Waals surface area contributed by atoms with E-state index < -0.39 is 10.0 Å². The summed E-state index contributed by atoms with van der Waals surface area (Å²) >= 11 is 0. The van der Waals surface area contributed by atoms with Crippen molar-refractivity contribution in [2.24, 2.45) is 0 Å². The van der Waals surface area contributed by atoms with Crippen molar-refractivity contribution >= 4 is 10.0 Å². The lowest BCUT2D eigenvalue weighted by molar-refractivity contribution is 0.221. The molecule has 2 aliphatic rings. The summed E-state index contributed by atoms with van der Waals surface area (Å²) in [5, 5.41) is 0. The molecule has 0 N–H and O–H groups in total. The second-order valence-corrected chi connectivity index (χ2v) is 9.37. The molecule has 5 heteroatoms. The van der Waals surface area contributed by atoms with E-state index in [0.717, 1.165) is 31.5 Å². The molecule has 2 unspecified atom stereocenters. The minimum atomic E-state index is -3.46. The second-order valence-electron chi connectivity index (χ2n) is 7.37. The van der Waals surface area contributed by atoms with Gasteiger partial charge in [-0.25, -0.2) is 8.42 Å². The molecule has 25 heavy (non-hydrogen) atoms. The maximum absolute atomic E-state index is 12.9. The average Bonchev–Trinajstić information content (AvgIpc) is 3.06. The highest BCUT2D eigenvalue weighted by molar-refractivity contribution is 7.89. The second kappa shape index (κ2) is 7.06. The molecule has 2 atom stereocenters. The van der Waals surface area contributed by atoms with E-state index in [2.05, 4.69) is 30.9 Å². The quantitative estimate of drug-likeness (QED) is 0.773. The van der Waals surface area contributed by atoms with Crippen molar-refractivity contribution in [2.45, 2.75) is 50.6 Å². The lowest BCUT2D eigenvalue weighted by Gasteiger charge is -2.34. The van der Waals surface area contributed by atoms with Crippen LogP contribution in [0.1, 0.15) is 32.3 Å². The third-order valence-electron chi connectivity index (χ3n) is 5.58. The topological polar surface area (TPSA) is 40.6 Å². The zero-order valence-corrected chi connectivity index (χ0v) is 16.4. The van der Waals surface area contributed by atoms with E-state index in [1.807, 2.05) is 13.0 Å². The highest BCUT2D eigenvalue weighted by atomic mass is 32.2. The molecule has 1 aliphatic carbocycles. The first-order valence-corrected chi connectivity index (χ1v) is 10.4. The normalized spacial score (nSPS) is 25.2. The summed E-state index contributed by atoms with van der Waals surface area (Å²) in [7, 11) is -1.77. The molecule has 0 saturated carbocycles. The number of likely N-dealkylation sites (N-methyl/N-ethyl adjacent to an activating group) is 1. The fourth-order valence-electron chi connectivity index (χ4n) is 3.65. The molecule has 136 valence electrons. The predicted octanol–water partition coefficient (Wildman–Crippen LogP) is 3.35. The molecular weight excluding hydrogens is 332 g/mol. The molecule has 0 amide bonds. The lowest BCUT2D eigenvalue weighted by Crippen LogP contribution is -2.41. The highest BCUT2D eigenvalue weighted by Gasteiger charge is 2.33. The van der Waals surface area contributed by atoms with E-state index in [1.165, 1.54) is 15.5 Å². The van der Waals surface area contributed by atoms with E-state index in [0.29, 0.717) is 10.9 Å². The summed E-state index contributed by atoms with van der Waals surface area (Å²) in [6, 6.07) is 7.37. The average molecular weight is 361 g/mol. The first kappa shape index (κ1) is 18.4. The number of hydrogen-bond donors (Lipinski definition) is 0. The monoisotopic (exact) mass is 360 g/mol. The molecule has 1 heterocycles. The standard InChI is InChI=1S/C20H28N2O2S/c1-15-6-5-7-20(12-15)25(23,24)21(4)18-8-9-19(13-18)22-11-10-16(2)17(3)14-22/h5-9,12,18-19H,10-11,13-14H2,1-4H3. The number of rotatable bonds is 4. The first-order chi connectivity index (χ1) is 11.8. The van der Waals surface area contributed by atoms with Crippen LogP contribution in [0, 0.1) is 6.92 Å². The Bertz CT molecular complexity index is 811. The smallest absolute Gasteiger partial charge is 0.243 e. The SMILES string of the molecule is CC1=C(C)CN(C2C=CC(N(C)S(=O)(=O)c3cccc(C)c3)C2)CC1. The van der Waals surface area contributed by atoms with Gasteiger partial charge < -0.3 is 0 Å². The summed E-state index contributed by atoms with van der Waals surface area (Å²) in [5.41, 5.74) is 3.90. The van der Waals surface area contributed by atoms with Gasteiger partial charge in [-0.15, -0.1) is 0 Å². The Balaban J connectivity index is 1.71. The molecule has 4 nitrogen and oxygen atoms in total. The molecular formula is C20H28N2O2S. The molecule has 3 rings (SSSR count). The van der Waals surface area contributed by atoms with E-state index in [9.17, 15) is 8.42 Å². The van der Waals surface area contributed by atoms with Gasteiger partial charge in [-0.1, -0.05) is 35.4 Å². The van der Waals surface area contributed by atoms with Crippen molar-refractivity contribution in [3.8, 4) is 0 Å². The van der Waals surface area contributed by atoms with Crippen molar-refractivity contribution in [3.63, 3.8) is 0 Å².